The summed E-state index contributed by atoms with van der Waals surface area (Å²) >= 11 is 3.42. The minimum atomic E-state index is 0.887. The maximum absolute atomic E-state index is 5.28. The quantitative estimate of drug-likeness (QED) is 0.761. The first-order valence-electron chi connectivity index (χ1n) is 4.33. The number of alkyl halides is 1. The van der Waals surface area contributed by atoms with Gasteiger partial charge in [0.05, 0.1) is 12.8 Å². The summed E-state index contributed by atoms with van der Waals surface area (Å²) in [6.45, 7) is 2.02. The van der Waals surface area contributed by atoms with Crippen LogP contribution in [0.2, 0.25) is 0 Å². The van der Waals surface area contributed by atoms with Gasteiger partial charge in [-0.25, -0.2) is 4.68 Å². The predicted octanol–water partition coefficient (Wildman–Crippen LogP) is 2.06. The fraction of sp³-hybridized carbons (Fsp3) is 0.667. The second-order valence-electron chi connectivity index (χ2n) is 2.99. The highest BCUT2D eigenvalue weighted by molar-refractivity contribution is 9.09. The fourth-order valence-electron chi connectivity index (χ4n) is 1.47. The smallest absolute Gasteiger partial charge is 0.214 e. The Hall–Kier alpha value is -0.510. The summed E-state index contributed by atoms with van der Waals surface area (Å²) in [7, 11) is 3.59. The van der Waals surface area contributed by atoms with E-state index in [4.69, 9.17) is 4.74 Å². The van der Waals surface area contributed by atoms with Crippen LogP contribution in [0.15, 0.2) is 0 Å². The van der Waals surface area contributed by atoms with Crippen LogP contribution in [0.5, 0.6) is 5.88 Å². The monoisotopic (exact) mass is 246 g/mol. The molecule has 1 aromatic heterocycles. The van der Waals surface area contributed by atoms with E-state index in [9.17, 15) is 0 Å². The van der Waals surface area contributed by atoms with Gasteiger partial charge in [-0.2, -0.15) is 5.10 Å². The van der Waals surface area contributed by atoms with E-state index in [1.165, 1.54) is 5.56 Å². The molecule has 0 aliphatic heterocycles. The van der Waals surface area contributed by atoms with Crippen LogP contribution in [0.3, 0.4) is 0 Å². The van der Waals surface area contributed by atoms with Crippen molar-refractivity contribution in [1.29, 1.82) is 0 Å². The molecular formula is C9H15BrN2O. The summed E-state index contributed by atoms with van der Waals surface area (Å²) in [5.74, 6) is 0.887. The molecule has 0 N–H and O–H groups in total. The molecule has 0 saturated heterocycles. The highest BCUT2D eigenvalue weighted by Gasteiger charge is 2.12. The van der Waals surface area contributed by atoms with Crippen LogP contribution >= 0.6 is 15.9 Å². The molecule has 0 atom stereocenters. The first-order valence-corrected chi connectivity index (χ1v) is 5.45. The number of rotatable bonds is 4. The third-order valence-corrected chi connectivity index (χ3v) is 2.60. The number of aryl methyl sites for hydroxylation is 2. The van der Waals surface area contributed by atoms with Gasteiger partial charge in [0, 0.05) is 17.9 Å². The average molecular weight is 247 g/mol. The van der Waals surface area contributed by atoms with Crippen LogP contribution in [0.25, 0.3) is 0 Å². The summed E-state index contributed by atoms with van der Waals surface area (Å²) in [4.78, 5) is 0. The van der Waals surface area contributed by atoms with E-state index < -0.39 is 0 Å². The highest BCUT2D eigenvalue weighted by Crippen LogP contribution is 2.22. The second-order valence-corrected chi connectivity index (χ2v) is 3.78. The summed E-state index contributed by atoms with van der Waals surface area (Å²) in [5, 5.41) is 5.33. The minimum Gasteiger partial charge on any atom is -0.481 e. The van der Waals surface area contributed by atoms with Crippen LogP contribution in [-0.2, 0) is 13.5 Å². The topological polar surface area (TPSA) is 27.1 Å². The second kappa shape index (κ2) is 4.65. The van der Waals surface area contributed by atoms with Crippen LogP contribution in [0, 0.1) is 6.92 Å². The Morgan fingerprint density at radius 1 is 1.54 bits per heavy atom. The van der Waals surface area contributed by atoms with Crippen LogP contribution in [0.4, 0.5) is 0 Å². The number of ether oxygens (including phenoxy) is 1. The summed E-state index contributed by atoms with van der Waals surface area (Å²) < 4.78 is 7.07. The number of hydrogen-bond donors (Lipinski definition) is 0. The summed E-state index contributed by atoms with van der Waals surface area (Å²) in [6.07, 6.45) is 2.14. The molecule has 1 rings (SSSR count). The third kappa shape index (κ3) is 2.24. The molecule has 0 aliphatic carbocycles. The zero-order valence-corrected chi connectivity index (χ0v) is 9.89. The Labute approximate surface area is 87.2 Å². The van der Waals surface area contributed by atoms with Gasteiger partial charge in [0.1, 0.15) is 0 Å². The fourth-order valence-corrected chi connectivity index (χ4v) is 1.75. The largest absolute Gasteiger partial charge is 0.481 e. The highest BCUT2D eigenvalue weighted by atomic mass is 79.9. The van der Waals surface area contributed by atoms with Gasteiger partial charge in [0.15, 0.2) is 0 Å². The Kier molecular flexibility index (Phi) is 3.78. The molecule has 0 aromatic carbocycles. The average Bonchev–Trinajstić information content (AvgIpc) is 2.37. The Morgan fingerprint density at radius 2 is 2.23 bits per heavy atom. The Balaban J connectivity index is 2.89. The maximum Gasteiger partial charge on any atom is 0.214 e. The molecule has 0 bridgehead atoms. The number of methoxy groups -OCH3 is 1. The molecule has 0 saturated carbocycles. The lowest BCUT2D eigenvalue weighted by molar-refractivity contribution is 0.369. The number of nitrogens with zero attached hydrogens (tertiary/aromatic N) is 2. The molecule has 0 radical (unpaired) electrons. The van der Waals surface area contributed by atoms with Crippen molar-refractivity contribution in [1.82, 2.24) is 9.78 Å². The van der Waals surface area contributed by atoms with E-state index in [2.05, 4.69) is 21.0 Å². The molecule has 0 spiro atoms. The van der Waals surface area contributed by atoms with Gasteiger partial charge in [0.25, 0.3) is 0 Å². The number of aromatic nitrogens is 2. The Morgan fingerprint density at radius 3 is 2.77 bits per heavy atom. The lowest BCUT2D eigenvalue weighted by Gasteiger charge is -2.03. The van der Waals surface area contributed by atoms with Gasteiger partial charge in [0.2, 0.25) is 5.88 Å². The molecule has 0 aliphatic rings. The zero-order valence-electron chi connectivity index (χ0n) is 8.30. The first kappa shape index (κ1) is 10.6. The van der Waals surface area contributed by atoms with E-state index in [-0.39, 0.29) is 0 Å². The minimum absolute atomic E-state index is 0.887. The van der Waals surface area contributed by atoms with E-state index in [0.717, 1.165) is 29.7 Å². The number of hydrogen-bond acceptors (Lipinski definition) is 2. The van der Waals surface area contributed by atoms with Crippen molar-refractivity contribution in [3.05, 3.63) is 11.3 Å². The molecule has 1 aromatic rings. The van der Waals surface area contributed by atoms with E-state index >= 15 is 0 Å². The molecule has 74 valence electrons. The molecule has 4 heteroatoms. The van der Waals surface area contributed by atoms with Crippen LogP contribution in [0.1, 0.15) is 17.7 Å². The SMILES string of the molecule is COc1c(CCCBr)c(C)nn1C. The van der Waals surface area contributed by atoms with Gasteiger partial charge in [-0.05, 0) is 19.8 Å². The maximum atomic E-state index is 5.28. The van der Waals surface area contributed by atoms with Crippen molar-refractivity contribution in [3.63, 3.8) is 0 Å². The van der Waals surface area contributed by atoms with Crippen LogP contribution < -0.4 is 4.74 Å². The van der Waals surface area contributed by atoms with Crippen molar-refractivity contribution >= 4 is 15.9 Å². The standard InChI is InChI=1S/C9H15BrN2O/c1-7-8(5-4-6-10)9(13-3)12(2)11-7/h4-6H2,1-3H3. The first-order chi connectivity index (χ1) is 6.20. The van der Waals surface area contributed by atoms with E-state index in [0.29, 0.717) is 0 Å². The molecule has 0 unspecified atom stereocenters. The van der Waals surface area contributed by atoms with E-state index in [1.807, 2.05) is 14.0 Å². The third-order valence-electron chi connectivity index (χ3n) is 2.04. The van der Waals surface area contributed by atoms with Crippen molar-refractivity contribution < 1.29 is 4.74 Å². The molecule has 3 nitrogen and oxygen atoms in total. The van der Waals surface area contributed by atoms with Gasteiger partial charge in [-0.3, -0.25) is 0 Å². The van der Waals surface area contributed by atoms with Crippen molar-refractivity contribution in [3.8, 4) is 5.88 Å². The van der Waals surface area contributed by atoms with Crippen molar-refractivity contribution in [2.24, 2.45) is 7.05 Å². The molecular weight excluding hydrogens is 232 g/mol. The van der Waals surface area contributed by atoms with Crippen LogP contribution in [-0.4, -0.2) is 22.2 Å². The molecule has 0 amide bonds. The zero-order chi connectivity index (χ0) is 9.84. The Bertz CT molecular complexity index is 283. The van der Waals surface area contributed by atoms with Gasteiger partial charge < -0.3 is 4.74 Å². The molecule has 0 fully saturated rings. The number of halogens is 1. The van der Waals surface area contributed by atoms with Gasteiger partial charge in [-0.1, -0.05) is 15.9 Å². The van der Waals surface area contributed by atoms with Crippen molar-refractivity contribution in [2.45, 2.75) is 19.8 Å². The van der Waals surface area contributed by atoms with Gasteiger partial charge in [-0.15, -0.1) is 0 Å². The summed E-state index contributed by atoms with van der Waals surface area (Å²) in [6, 6.07) is 0. The lowest BCUT2D eigenvalue weighted by atomic mass is 10.1. The lowest BCUT2D eigenvalue weighted by Crippen LogP contribution is -1.97. The van der Waals surface area contributed by atoms with Gasteiger partial charge >= 0.3 is 0 Å². The summed E-state index contributed by atoms with van der Waals surface area (Å²) in [5.41, 5.74) is 2.30. The molecule has 1 heterocycles. The normalized spacial score (nSPS) is 10.5. The van der Waals surface area contributed by atoms with Crippen molar-refractivity contribution in [2.75, 3.05) is 12.4 Å². The predicted molar refractivity (Wildman–Crippen MR) is 56.6 cm³/mol. The van der Waals surface area contributed by atoms with E-state index in [1.54, 1.807) is 11.8 Å². The molecule has 13 heavy (non-hydrogen) atoms.